The zero-order valence-electron chi connectivity index (χ0n) is 7.41. The fourth-order valence-corrected chi connectivity index (χ4v) is 2.38. The van der Waals surface area contributed by atoms with E-state index in [9.17, 15) is 0 Å². The molecule has 0 aliphatic rings. The third kappa shape index (κ3) is 1.30. The van der Waals surface area contributed by atoms with Gasteiger partial charge in [-0.05, 0) is 16.8 Å². The Balaban J connectivity index is 2.74. The van der Waals surface area contributed by atoms with Crippen LogP contribution in [-0.4, -0.2) is 7.11 Å². The molecular weight excluding hydrogens is 182 g/mol. The molecule has 2 N–H and O–H groups in total. The van der Waals surface area contributed by atoms with E-state index in [1.807, 2.05) is 6.07 Å². The first-order valence-corrected chi connectivity index (χ1v) is 4.98. The number of fused-ring (bicyclic) bond motifs is 1. The number of ether oxygens (including phenoxy) is 1. The quantitative estimate of drug-likeness (QED) is 0.794. The van der Waals surface area contributed by atoms with Crippen molar-refractivity contribution >= 4 is 21.4 Å². The van der Waals surface area contributed by atoms with E-state index in [0.717, 1.165) is 11.3 Å². The van der Waals surface area contributed by atoms with Crippen molar-refractivity contribution < 1.29 is 4.74 Å². The minimum Gasteiger partial charge on any atom is -0.495 e. The molecule has 2 rings (SSSR count). The maximum atomic E-state index is 5.61. The summed E-state index contributed by atoms with van der Waals surface area (Å²) in [6.45, 7) is 0.525. The van der Waals surface area contributed by atoms with Gasteiger partial charge in [-0.25, -0.2) is 0 Å². The van der Waals surface area contributed by atoms with Gasteiger partial charge in [0.2, 0.25) is 0 Å². The average molecular weight is 193 g/mol. The second-order valence-electron chi connectivity index (χ2n) is 2.80. The van der Waals surface area contributed by atoms with Gasteiger partial charge in [0, 0.05) is 12.1 Å². The Kier molecular flexibility index (Phi) is 2.20. The summed E-state index contributed by atoms with van der Waals surface area (Å²) in [7, 11) is 1.69. The van der Waals surface area contributed by atoms with Crippen molar-refractivity contribution in [3.8, 4) is 5.75 Å². The van der Waals surface area contributed by atoms with Gasteiger partial charge in [0.1, 0.15) is 5.75 Å². The molecule has 0 saturated heterocycles. The summed E-state index contributed by atoms with van der Waals surface area (Å²) in [6, 6.07) is 6.19. The lowest BCUT2D eigenvalue weighted by atomic mass is 10.1. The molecule has 1 aromatic carbocycles. The lowest BCUT2D eigenvalue weighted by Gasteiger charge is -2.06. The van der Waals surface area contributed by atoms with Crippen LogP contribution >= 0.6 is 11.3 Å². The molecule has 0 atom stereocenters. The number of nitrogens with two attached hydrogens (primary N) is 1. The van der Waals surface area contributed by atoms with Crippen LogP contribution in [0.1, 0.15) is 5.56 Å². The Hall–Kier alpha value is -1.06. The van der Waals surface area contributed by atoms with E-state index in [2.05, 4.69) is 17.5 Å². The highest BCUT2D eigenvalue weighted by Crippen LogP contribution is 2.33. The highest BCUT2D eigenvalue weighted by atomic mass is 32.1. The maximum Gasteiger partial charge on any atom is 0.141 e. The predicted molar refractivity (Wildman–Crippen MR) is 56.3 cm³/mol. The zero-order chi connectivity index (χ0) is 9.26. The van der Waals surface area contributed by atoms with Crippen LogP contribution in [0.25, 0.3) is 10.1 Å². The number of methoxy groups -OCH3 is 1. The Morgan fingerprint density at radius 2 is 2.23 bits per heavy atom. The summed E-state index contributed by atoms with van der Waals surface area (Å²) in [6.07, 6.45) is 0. The molecule has 0 fully saturated rings. The van der Waals surface area contributed by atoms with Crippen molar-refractivity contribution in [2.45, 2.75) is 6.54 Å². The summed E-state index contributed by atoms with van der Waals surface area (Å²) in [5.41, 5.74) is 6.68. The van der Waals surface area contributed by atoms with E-state index in [0.29, 0.717) is 6.54 Å². The van der Waals surface area contributed by atoms with Gasteiger partial charge < -0.3 is 10.5 Å². The van der Waals surface area contributed by atoms with Crippen molar-refractivity contribution in [2.24, 2.45) is 5.73 Å². The van der Waals surface area contributed by atoms with E-state index >= 15 is 0 Å². The van der Waals surface area contributed by atoms with Crippen molar-refractivity contribution in [3.63, 3.8) is 0 Å². The molecule has 13 heavy (non-hydrogen) atoms. The topological polar surface area (TPSA) is 35.2 Å². The van der Waals surface area contributed by atoms with Crippen molar-refractivity contribution in [3.05, 3.63) is 29.1 Å². The summed E-state index contributed by atoms with van der Waals surface area (Å²) in [5.74, 6) is 0.926. The van der Waals surface area contributed by atoms with Crippen molar-refractivity contribution in [1.29, 1.82) is 0 Å². The van der Waals surface area contributed by atoms with Gasteiger partial charge in [-0.15, -0.1) is 11.3 Å². The molecule has 2 aromatic rings. The van der Waals surface area contributed by atoms with Gasteiger partial charge >= 0.3 is 0 Å². The average Bonchev–Trinajstić information content (AvgIpc) is 2.63. The van der Waals surface area contributed by atoms with Gasteiger partial charge in [0.15, 0.2) is 0 Å². The van der Waals surface area contributed by atoms with Crippen LogP contribution in [0.15, 0.2) is 23.6 Å². The van der Waals surface area contributed by atoms with Crippen LogP contribution < -0.4 is 10.5 Å². The summed E-state index contributed by atoms with van der Waals surface area (Å²) < 4.78 is 6.52. The van der Waals surface area contributed by atoms with Crippen molar-refractivity contribution in [2.75, 3.05) is 7.11 Å². The summed E-state index contributed by atoms with van der Waals surface area (Å²) in [5, 5.41) is 3.28. The first-order chi connectivity index (χ1) is 6.36. The van der Waals surface area contributed by atoms with Gasteiger partial charge in [-0.2, -0.15) is 0 Å². The largest absolute Gasteiger partial charge is 0.495 e. The second-order valence-corrected chi connectivity index (χ2v) is 3.72. The Bertz CT molecular complexity index is 422. The standard InChI is InChI=1S/C10H11NOS/c1-12-9-8(6-11)3-2-7-4-5-13-10(7)9/h2-5H,6,11H2,1H3. The fraction of sp³-hybridized carbons (Fsp3) is 0.200. The molecule has 0 amide bonds. The summed E-state index contributed by atoms with van der Waals surface area (Å²) in [4.78, 5) is 0. The molecule has 0 spiro atoms. The fourth-order valence-electron chi connectivity index (χ4n) is 1.43. The molecule has 0 radical (unpaired) electrons. The normalized spacial score (nSPS) is 10.6. The van der Waals surface area contributed by atoms with Gasteiger partial charge in [-0.3, -0.25) is 0 Å². The second kappa shape index (κ2) is 3.36. The lowest BCUT2D eigenvalue weighted by Crippen LogP contribution is -1.99. The van der Waals surface area contributed by atoms with Crippen LogP contribution in [0.5, 0.6) is 5.75 Å². The Labute approximate surface area is 80.9 Å². The first-order valence-electron chi connectivity index (χ1n) is 4.10. The van der Waals surface area contributed by atoms with Gasteiger partial charge in [0.05, 0.1) is 11.8 Å². The number of rotatable bonds is 2. The van der Waals surface area contributed by atoms with E-state index in [-0.39, 0.29) is 0 Å². The highest BCUT2D eigenvalue weighted by Gasteiger charge is 2.07. The predicted octanol–water partition coefficient (Wildman–Crippen LogP) is 2.37. The molecule has 0 bridgehead atoms. The van der Waals surface area contributed by atoms with Crippen LogP contribution in [0, 0.1) is 0 Å². The molecule has 0 unspecified atom stereocenters. The number of benzene rings is 1. The molecular formula is C10H11NOS. The van der Waals surface area contributed by atoms with E-state index in [1.165, 1.54) is 10.1 Å². The number of hydrogen-bond acceptors (Lipinski definition) is 3. The molecule has 1 heterocycles. The number of hydrogen-bond donors (Lipinski definition) is 1. The van der Waals surface area contributed by atoms with Crippen LogP contribution in [0.3, 0.4) is 0 Å². The van der Waals surface area contributed by atoms with E-state index in [1.54, 1.807) is 18.4 Å². The molecule has 1 aromatic heterocycles. The minimum absolute atomic E-state index is 0.525. The lowest BCUT2D eigenvalue weighted by molar-refractivity contribution is 0.415. The summed E-state index contributed by atoms with van der Waals surface area (Å²) >= 11 is 1.69. The Morgan fingerprint density at radius 1 is 1.38 bits per heavy atom. The van der Waals surface area contributed by atoms with Gasteiger partial charge in [-0.1, -0.05) is 12.1 Å². The first kappa shape index (κ1) is 8.53. The third-order valence-electron chi connectivity index (χ3n) is 2.08. The molecule has 0 aliphatic carbocycles. The SMILES string of the molecule is COc1c(CN)ccc2ccsc12. The maximum absolute atomic E-state index is 5.61. The molecule has 68 valence electrons. The Morgan fingerprint density at radius 3 is 2.92 bits per heavy atom. The highest BCUT2D eigenvalue weighted by molar-refractivity contribution is 7.17. The minimum atomic E-state index is 0.525. The number of thiophene rings is 1. The molecule has 2 nitrogen and oxygen atoms in total. The van der Waals surface area contributed by atoms with Crippen LogP contribution in [0.2, 0.25) is 0 Å². The van der Waals surface area contributed by atoms with Crippen molar-refractivity contribution in [1.82, 2.24) is 0 Å². The third-order valence-corrected chi connectivity index (χ3v) is 3.01. The van der Waals surface area contributed by atoms with Gasteiger partial charge in [0.25, 0.3) is 0 Å². The molecule has 3 heteroatoms. The molecule has 0 saturated carbocycles. The van der Waals surface area contributed by atoms with Crippen LogP contribution in [0.4, 0.5) is 0 Å². The monoisotopic (exact) mass is 193 g/mol. The van der Waals surface area contributed by atoms with E-state index in [4.69, 9.17) is 10.5 Å². The smallest absolute Gasteiger partial charge is 0.141 e. The van der Waals surface area contributed by atoms with Crippen LogP contribution in [-0.2, 0) is 6.54 Å². The van der Waals surface area contributed by atoms with E-state index < -0.39 is 0 Å². The molecule has 0 aliphatic heterocycles. The zero-order valence-corrected chi connectivity index (χ0v) is 8.23.